The third kappa shape index (κ3) is 1.61. The molecular formula is C8H12N2O. The standard InChI is InChI=1S/C8H12N2O/c1-6(2)10-4-3-8(11)7(9)5-10/h3-6H,9H2,1-2H3. The maximum absolute atomic E-state index is 10.9. The van der Waals surface area contributed by atoms with E-state index in [9.17, 15) is 4.79 Å². The first-order valence-corrected chi connectivity index (χ1v) is 3.58. The lowest BCUT2D eigenvalue weighted by Crippen LogP contribution is -2.11. The van der Waals surface area contributed by atoms with Gasteiger partial charge in [-0.15, -0.1) is 0 Å². The lowest BCUT2D eigenvalue weighted by molar-refractivity contribution is 0.597. The summed E-state index contributed by atoms with van der Waals surface area (Å²) in [5.41, 5.74) is 5.62. The van der Waals surface area contributed by atoms with Crippen molar-refractivity contribution in [3.63, 3.8) is 0 Å². The predicted octanol–water partition coefficient (Wildman–Crippen LogP) is 1.01. The number of rotatable bonds is 1. The molecule has 1 heterocycles. The Morgan fingerprint density at radius 3 is 2.64 bits per heavy atom. The number of pyridine rings is 1. The molecule has 0 aromatic carbocycles. The van der Waals surface area contributed by atoms with Crippen LogP contribution < -0.4 is 11.2 Å². The Morgan fingerprint density at radius 2 is 2.18 bits per heavy atom. The molecule has 0 saturated carbocycles. The summed E-state index contributed by atoms with van der Waals surface area (Å²) in [6.45, 7) is 4.06. The first-order valence-electron chi connectivity index (χ1n) is 3.58. The van der Waals surface area contributed by atoms with Gasteiger partial charge in [0.2, 0.25) is 5.43 Å². The molecule has 1 rings (SSSR count). The molecule has 0 amide bonds. The molecule has 0 aliphatic carbocycles. The zero-order chi connectivity index (χ0) is 8.43. The second-order valence-corrected chi connectivity index (χ2v) is 2.81. The van der Waals surface area contributed by atoms with Crippen LogP contribution in [0.5, 0.6) is 0 Å². The van der Waals surface area contributed by atoms with Crippen LogP contribution in [0, 0.1) is 0 Å². The summed E-state index contributed by atoms with van der Waals surface area (Å²) in [6, 6.07) is 1.83. The molecule has 1 aromatic rings. The van der Waals surface area contributed by atoms with E-state index < -0.39 is 0 Å². The van der Waals surface area contributed by atoms with Crippen molar-refractivity contribution in [3.8, 4) is 0 Å². The second kappa shape index (κ2) is 2.78. The molecule has 2 N–H and O–H groups in total. The van der Waals surface area contributed by atoms with Crippen LogP contribution in [0.25, 0.3) is 0 Å². The topological polar surface area (TPSA) is 48.0 Å². The van der Waals surface area contributed by atoms with Crippen LogP contribution in [0.2, 0.25) is 0 Å². The van der Waals surface area contributed by atoms with E-state index >= 15 is 0 Å². The van der Waals surface area contributed by atoms with Crippen LogP contribution in [-0.2, 0) is 0 Å². The van der Waals surface area contributed by atoms with Crippen molar-refractivity contribution in [3.05, 3.63) is 28.7 Å². The highest BCUT2D eigenvalue weighted by atomic mass is 16.1. The highest BCUT2D eigenvalue weighted by Crippen LogP contribution is 2.03. The van der Waals surface area contributed by atoms with Gasteiger partial charge in [0.05, 0.1) is 5.69 Å². The minimum atomic E-state index is -0.109. The zero-order valence-electron chi connectivity index (χ0n) is 6.74. The Hall–Kier alpha value is -1.25. The van der Waals surface area contributed by atoms with Crippen molar-refractivity contribution in [2.75, 3.05) is 5.73 Å². The van der Waals surface area contributed by atoms with Crippen LogP contribution in [-0.4, -0.2) is 4.57 Å². The molecule has 1 aromatic heterocycles. The molecule has 3 heteroatoms. The maximum atomic E-state index is 10.9. The lowest BCUT2D eigenvalue weighted by Gasteiger charge is -2.09. The molecule has 0 spiro atoms. The summed E-state index contributed by atoms with van der Waals surface area (Å²) in [4.78, 5) is 10.9. The normalized spacial score (nSPS) is 10.5. The Kier molecular flexibility index (Phi) is 1.98. The van der Waals surface area contributed by atoms with Crippen molar-refractivity contribution in [2.45, 2.75) is 19.9 Å². The van der Waals surface area contributed by atoms with Crippen LogP contribution >= 0.6 is 0 Å². The number of hydrogen-bond acceptors (Lipinski definition) is 2. The molecule has 0 saturated heterocycles. The van der Waals surface area contributed by atoms with Crippen molar-refractivity contribution >= 4 is 5.69 Å². The first-order chi connectivity index (χ1) is 5.11. The highest BCUT2D eigenvalue weighted by molar-refractivity contribution is 5.33. The van der Waals surface area contributed by atoms with E-state index in [1.807, 2.05) is 18.4 Å². The van der Waals surface area contributed by atoms with Gasteiger partial charge in [-0.1, -0.05) is 0 Å². The molecule has 0 fully saturated rings. The van der Waals surface area contributed by atoms with Crippen LogP contribution in [0.15, 0.2) is 23.3 Å². The quantitative estimate of drug-likeness (QED) is 0.652. The van der Waals surface area contributed by atoms with Crippen molar-refractivity contribution in [2.24, 2.45) is 0 Å². The Balaban J connectivity index is 3.15. The highest BCUT2D eigenvalue weighted by Gasteiger charge is 1.97. The molecule has 60 valence electrons. The largest absolute Gasteiger partial charge is 0.394 e. The van der Waals surface area contributed by atoms with Gasteiger partial charge in [0, 0.05) is 24.5 Å². The van der Waals surface area contributed by atoms with E-state index in [-0.39, 0.29) is 5.43 Å². The summed E-state index contributed by atoms with van der Waals surface area (Å²) in [5, 5.41) is 0. The van der Waals surface area contributed by atoms with E-state index in [4.69, 9.17) is 5.73 Å². The van der Waals surface area contributed by atoms with Gasteiger partial charge in [-0.05, 0) is 13.8 Å². The molecule has 0 atom stereocenters. The monoisotopic (exact) mass is 152 g/mol. The van der Waals surface area contributed by atoms with Gasteiger partial charge in [0.1, 0.15) is 0 Å². The molecular weight excluding hydrogens is 140 g/mol. The Bertz CT molecular complexity index is 301. The lowest BCUT2D eigenvalue weighted by atomic mass is 10.3. The van der Waals surface area contributed by atoms with E-state index in [2.05, 4.69) is 0 Å². The number of nitrogens with two attached hydrogens (primary N) is 1. The molecule has 0 bridgehead atoms. The summed E-state index contributed by atoms with van der Waals surface area (Å²) < 4.78 is 1.90. The minimum absolute atomic E-state index is 0.109. The maximum Gasteiger partial charge on any atom is 0.204 e. The van der Waals surface area contributed by atoms with Gasteiger partial charge in [-0.2, -0.15) is 0 Å². The van der Waals surface area contributed by atoms with E-state index in [1.54, 1.807) is 12.4 Å². The number of anilines is 1. The van der Waals surface area contributed by atoms with E-state index in [0.717, 1.165) is 0 Å². The summed E-state index contributed by atoms with van der Waals surface area (Å²) in [6.07, 6.45) is 3.40. The van der Waals surface area contributed by atoms with Gasteiger partial charge in [-0.25, -0.2) is 0 Å². The molecule has 11 heavy (non-hydrogen) atoms. The molecule has 3 nitrogen and oxygen atoms in total. The number of aromatic nitrogens is 1. The fraction of sp³-hybridized carbons (Fsp3) is 0.375. The van der Waals surface area contributed by atoms with E-state index in [1.165, 1.54) is 6.07 Å². The SMILES string of the molecule is CC(C)n1ccc(=O)c(N)c1. The fourth-order valence-electron chi connectivity index (χ4n) is 0.838. The van der Waals surface area contributed by atoms with E-state index in [0.29, 0.717) is 11.7 Å². The third-order valence-corrected chi connectivity index (χ3v) is 1.57. The summed E-state index contributed by atoms with van der Waals surface area (Å²) >= 11 is 0. The number of hydrogen-bond donors (Lipinski definition) is 1. The van der Waals surface area contributed by atoms with Crippen LogP contribution in [0.4, 0.5) is 5.69 Å². The van der Waals surface area contributed by atoms with Gasteiger partial charge in [-0.3, -0.25) is 4.79 Å². The second-order valence-electron chi connectivity index (χ2n) is 2.81. The Labute approximate surface area is 65.5 Å². The van der Waals surface area contributed by atoms with Gasteiger partial charge < -0.3 is 10.3 Å². The zero-order valence-corrected chi connectivity index (χ0v) is 6.74. The summed E-state index contributed by atoms with van der Waals surface area (Å²) in [5.74, 6) is 0. The molecule has 0 aliphatic rings. The van der Waals surface area contributed by atoms with Crippen LogP contribution in [0.1, 0.15) is 19.9 Å². The number of nitrogen functional groups attached to an aromatic ring is 1. The van der Waals surface area contributed by atoms with Gasteiger partial charge in [0.15, 0.2) is 0 Å². The fourth-order valence-corrected chi connectivity index (χ4v) is 0.838. The van der Waals surface area contributed by atoms with Crippen LogP contribution in [0.3, 0.4) is 0 Å². The average Bonchev–Trinajstić information content (AvgIpc) is 1.94. The first kappa shape index (κ1) is 7.85. The van der Waals surface area contributed by atoms with Crippen molar-refractivity contribution in [1.29, 1.82) is 0 Å². The van der Waals surface area contributed by atoms with Crippen molar-refractivity contribution < 1.29 is 0 Å². The van der Waals surface area contributed by atoms with Gasteiger partial charge in [0.25, 0.3) is 0 Å². The molecule has 0 unspecified atom stereocenters. The minimum Gasteiger partial charge on any atom is -0.394 e. The van der Waals surface area contributed by atoms with Crippen molar-refractivity contribution in [1.82, 2.24) is 4.57 Å². The Morgan fingerprint density at radius 1 is 1.55 bits per heavy atom. The smallest absolute Gasteiger partial charge is 0.204 e. The number of nitrogens with zero attached hydrogens (tertiary/aromatic N) is 1. The molecule has 0 radical (unpaired) electrons. The molecule has 0 aliphatic heterocycles. The third-order valence-electron chi connectivity index (χ3n) is 1.57. The average molecular weight is 152 g/mol. The predicted molar refractivity (Wildman–Crippen MR) is 45.5 cm³/mol. The van der Waals surface area contributed by atoms with Gasteiger partial charge >= 0.3 is 0 Å². The summed E-state index contributed by atoms with van der Waals surface area (Å²) in [7, 11) is 0.